The van der Waals surface area contributed by atoms with Crippen molar-refractivity contribution >= 4 is 23.4 Å². The lowest BCUT2D eigenvalue weighted by Crippen LogP contribution is -2.22. The van der Waals surface area contributed by atoms with Crippen LogP contribution >= 0.6 is 0 Å². The summed E-state index contributed by atoms with van der Waals surface area (Å²) in [5.74, 6) is 0.567. The fourth-order valence-electron chi connectivity index (χ4n) is 4.11. The van der Waals surface area contributed by atoms with E-state index in [-0.39, 0.29) is 17.3 Å². The van der Waals surface area contributed by atoms with Crippen LogP contribution in [-0.2, 0) is 13.1 Å². The van der Waals surface area contributed by atoms with Crippen molar-refractivity contribution in [1.29, 1.82) is 0 Å². The number of fused-ring (bicyclic) bond motifs is 1. The van der Waals surface area contributed by atoms with Gasteiger partial charge in [0.2, 0.25) is 5.95 Å². The quantitative estimate of drug-likeness (QED) is 0.513. The standard InChI is InChI=1S/C27H29FN4O/c1-5-19-6-11-24(23(14-19)17(2)3)29-16-22-15-25(33)32-13-12-18(4)26(31-27(32)30-22)20-7-9-21(28)10-8-20/h5-11,14-15,17-18,29H,1,12-13,16H2,2-4H3. The molecule has 33 heavy (non-hydrogen) atoms. The lowest BCUT2D eigenvalue weighted by atomic mass is 9.95. The van der Waals surface area contributed by atoms with Gasteiger partial charge in [-0.2, -0.15) is 0 Å². The zero-order valence-corrected chi connectivity index (χ0v) is 19.3. The summed E-state index contributed by atoms with van der Waals surface area (Å²) < 4.78 is 15.0. The Morgan fingerprint density at radius 1 is 1.21 bits per heavy atom. The van der Waals surface area contributed by atoms with Crippen molar-refractivity contribution in [1.82, 2.24) is 9.55 Å². The molecule has 0 radical (unpaired) electrons. The number of nitrogens with one attached hydrogen (secondary N) is 1. The van der Waals surface area contributed by atoms with Gasteiger partial charge in [0.25, 0.3) is 5.56 Å². The van der Waals surface area contributed by atoms with Gasteiger partial charge in [0.1, 0.15) is 5.82 Å². The van der Waals surface area contributed by atoms with Gasteiger partial charge >= 0.3 is 0 Å². The van der Waals surface area contributed by atoms with Crippen molar-refractivity contribution in [3.8, 4) is 0 Å². The van der Waals surface area contributed by atoms with Crippen LogP contribution in [0.25, 0.3) is 6.08 Å². The Labute approximate surface area is 193 Å². The molecular weight excluding hydrogens is 415 g/mol. The molecule has 0 bridgehead atoms. The largest absolute Gasteiger partial charge is 0.379 e. The smallest absolute Gasteiger partial charge is 0.255 e. The first-order valence-electron chi connectivity index (χ1n) is 11.3. The highest BCUT2D eigenvalue weighted by Crippen LogP contribution is 2.27. The van der Waals surface area contributed by atoms with Crippen LogP contribution in [0.2, 0.25) is 0 Å². The van der Waals surface area contributed by atoms with Crippen molar-refractivity contribution in [2.75, 3.05) is 5.32 Å². The van der Waals surface area contributed by atoms with Gasteiger partial charge in [-0.05, 0) is 53.3 Å². The van der Waals surface area contributed by atoms with Crippen LogP contribution < -0.4 is 10.9 Å². The van der Waals surface area contributed by atoms with Gasteiger partial charge < -0.3 is 5.32 Å². The molecule has 0 spiro atoms. The number of rotatable bonds is 6. The number of aliphatic imine (C=N–C) groups is 1. The summed E-state index contributed by atoms with van der Waals surface area (Å²) in [4.78, 5) is 22.3. The van der Waals surface area contributed by atoms with Crippen molar-refractivity contribution < 1.29 is 4.39 Å². The first-order valence-corrected chi connectivity index (χ1v) is 11.3. The van der Waals surface area contributed by atoms with Crippen LogP contribution in [0.1, 0.15) is 55.5 Å². The monoisotopic (exact) mass is 444 g/mol. The third-order valence-electron chi connectivity index (χ3n) is 6.05. The Balaban J connectivity index is 1.66. The van der Waals surface area contributed by atoms with E-state index in [1.807, 2.05) is 18.2 Å². The highest BCUT2D eigenvalue weighted by atomic mass is 19.1. The second-order valence-electron chi connectivity index (χ2n) is 8.79. The van der Waals surface area contributed by atoms with E-state index < -0.39 is 0 Å². The Bertz CT molecular complexity index is 1260. The average Bonchev–Trinajstić information content (AvgIpc) is 2.97. The molecule has 0 amide bonds. The molecule has 1 unspecified atom stereocenters. The van der Waals surface area contributed by atoms with Gasteiger partial charge in [0, 0.05) is 24.2 Å². The van der Waals surface area contributed by atoms with Crippen LogP contribution in [-0.4, -0.2) is 15.3 Å². The van der Waals surface area contributed by atoms with E-state index in [4.69, 9.17) is 9.98 Å². The van der Waals surface area contributed by atoms with Gasteiger partial charge in [-0.15, -0.1) is 0 Å². The Kier molecular flexibility index (Phi) is 6.54. The van der Waals surface area contributed by atoms with E-state index in [9.17, 15) is 9.18 Å². The highest BCUT2D eigenvalue weighted by molar-refractivity contribution is 6.03. The third-order valence-corrected chi connectivity index (χ3v) is 6.05. The lowest BCUT2D eigenvalue weighted by molar-refractivity contribution is 0.571. The highest BCUT2D eigenvalue weighted by Gasteiger charge is 2.20. The maximum atomic E-state index is 13.4. The van der Waals surface area contributed by atoms with Crippen LogP contribution in [0, 0.1) is 11.7 Å². The van der Waals surface area contributed by atoms with E-state index >= 15 is 0 Å². The molecule has 0 saturated carbocycles. The zero-order valence-electron chi connectivity index (χ0n) is 19.3. The predicted octanol–water partition coefficient (Wildman–Crippen LogP) is 5.92. The maximum absolute atomic E-state index is 13.4. The summed E-state index contributed by atoms with van der Waals surface area (Å²) in [6.45, 7) is 11.2. The molecule has 0 fully saturated rings. The van der Waals surface area contributed by atoms with Gasteiger partial charge in [0.05, 0.1) is 18.0 Å². The van der Waals surface area contributed by atoms with Crippen molar-refractivity contribution in [3.05, 3.63) is 93.7 Å². The van der Waals surface area contributed by atoms with E-state index in [2.05, 4.69) is 38.7 Å². The Hall–Kier alpha value is -3.54. The zero-order chi connectivity index (χ0) is 23.5. The van der Waals surface area contributed by atoms with E-state index in [1.165, 1.54) is 17.7 Å². The topological polar surface area (TPSA) is 59.3 Å². The molecule has 170 valence electrons. The number of hydrogen-bond donors (Lipinski definition) is 1. The van der Waals surface area contributed by atoms with Crippen molar-refractivity contribution in [3.63, 3.8) is 0 Å². The second-order valence-corrected chi connectivity index (χ2v) is 8.79. The molecule has 3 aromatic rings. The number of benzene rings is 2. The molecular formula is C27H29FN4O. The SMILES string of the molecule is C=Cc1ccc(NCc2cc(=O)n3c(n2)N=C(c2ccc(F)cc2)C(C)CC3)c(C(C)C)c1. The molecule has 0 aliphatic carbocycles. The first kappa shape index (κ1) is 22.6. The molecule has 1 aliphatic rings. The summed E-state index contributed by atoms with van der Waals surface area (Å²) >= 11 is 0. The van der Waals surface area contributed by atoms with Crippen molar-refractivity contribution in [2.45, 2.75) is 46.2 Å². The average molecular weight is 445 g/mol. The number of nitrogens with zero attached hydrogens (tertiary/aromatic N) is 3. The fraction of sp³-hybridized carbons (Fsp3) is 0.296. The Morgan fingerprint density at radius 3 is 2.67 bits per heavy atom. The number of hydrogen-bond acceptors (Lipinski definition) is 4. The van der Waals surface area contributed by atoms with Gasteiger partial charge in [-0.1, -0.05) is 51.6 Å². The molecule has 1 N–H and O–H groups in total. The molecule has 2 heterocycles. The van der Waals surface area contributed by atoms with Crippen LogP contribution in [0.4, 0.5) is 16.0 Å². The number of halogens is 1. The molecule has 5 nitrogen and oxygen atoms in total. The van der Waals surface area contributed by atoms with E-state index in [0.29, 0.717) is 30.6 Å². The Morgan fingerprint density at radius 2 is 1.97 bits per heavy atom. The summed E-state index contributed by atoms with van der Waals surface area (Å²) in [5.41, 5.74) is 5.45. The van der Waals surface area contributed by atoms with Crippen LogP contribution in [0.5, 0.6) is 0 Å². The summed E-state index contributed by atoms with van der Waals surface area (Å²) in [6, 6.07) is 14.1. The molecule has 1 atom stereocenters. The lowest BCUT2D eigenvalue weighted by Gasteiger charge is -2.16. The minimum Gasteiger partial charge on any atom is -0.379 e. The minimum absolute atomic E-state index is 0.112. The van der Waals surface area contributed by atoms with Gasteiger partial charge in [0.15, 0.2) is 0 Å². The number of aromatic nitrogens is 2. The summed E-state index contributed by atoms with van der Waals surface area (Å²) in [7, 11) is 0. The molecule has 1 aliphatic heterocycles. The molecule has 6 heteroatoms. The van der Waals surface area contributed by atoms with E-state index in [1.54, 1.807) is 22.8 Å². The van der Waals surface area contributed by atoms with Crippen molar-refractivity contribution in [2.24, 2.45) is 10.9 Å². The first-order chi connectivity index (χ1) is 15.9. The predicted molar refractivity (Wildman–Crippen MR) is 133 cm³/mol. The minimum atomic E-state index is -0.286. The summed E-state index contributed by atoms with van der Waals surface area (Å²) in [6.07, 6.45) is 2.60. The molecule has 2 aromatic carbocycles. The third kappa shape index (κ3) is 4.95. The second kappa shape index (κ2) is 9.53. The fourth-order valence-corrected chi connectivity index (χ4v) is 4.11. The summed E-state index contributed by atoms with van der Waals surface area (Å²) in [5, 5.41) is 3.43. The van der Waals surface area contributed by atoms with Gasteiger partial charge in [-0.3, -0.25) is 9.36 Å². The van der Waals surface area contributed by atoms with Crippen LogP contribution in [0.3, 0.4) is 0 Å². The molecule has 4 rings (SSSR count). The molecule has 1 aromatic heterocycles. The maximum Gasteiger partial charge on any atom is 0.255 e. The number of anilines is 1. The normalized spacial score (nSPS) is 15.5. The van der Waals surface area contributed by atoms with Crippen LogP contribution in [0.15, 0.2) is 64.9 Å². The molecule has 0 saturated heterocycles. The van der Waals surface area contributed by atoms with E-state index in [0.717, 1.165) is 28.9 Å². The van der Waals surface area contributed by atoms with Gasteiger partial charge in [-0.25, -0.2) is 14.4 Å².